The third-order valence-electron chi connectivity index (χ3n) is 1.92. The molecule has 5 nitrogen and oxygen atoms in total. The van der Waals surface area contributed by atoms with Crippen LogP contribution in [0, 0.1) is 5.95 Å². The molecular weight excluding hydrogens is 187 g/mol. The Morgan fingerprint density at radius 2 is 2.14 bits per heavy atom. The van der Waals surface area contributed by atoms with Crippen LogP contribution in [0.3, 0.4) is 0 Å². The minimum atomic E-state index is -0.532. The first kappa shape index (κ1) is 9.29. The van der Waals surface area contributed by atoms with E-state index in [0.29, 0.717) is 19.0 Å². The Labute approximate surface area is 80.9 Å². The van der Waals surface area contributed by atoms with Crippen LogP contribution in [0.2, 0.25) is 0 Å². The summed E-state index contributed by atoms with van der Waals surface area (Å²) in [7, 11) is 0. The zero-order valence-electron chi connectivity index (χ0n) is 7.61. The van der Waals surface area contributed by atoms with E-state index in [4.69, 9.17) is 4.74 Å². The lowest BCUT2D eigenvalue weighted by atomic mass is 10.5. The van der Waals surface area contributed by atoms with Gasteiger partial charge in [-0.1, -0.05) is 0 Å². The molecule has 1 aromatic heterocycles. The Balaban J connectivity index is 1.95. The van der Waals surface area contributed by atoms with Crippen molar-refractivity contribution in [3.8, 4) is 0 Å². The lowest BCUT2D eigenvalue weighted by Crippen LogP contribution is -2.40. The number of hydrazine groups is 1. The van der Waals surface area contributed by atoms with E-state index in [9.17, 15) is 4.39 Å². The van der Waals surface area contributed by atoms with Crippen molar-refractivity contribution in [2.75, 3.05) is 31.7 Å². The van der Waals surface area contributed by atoms with Gasteiger partial charge in [0, 0.05) is 19.2 Å². The van der Waals surface area contributed by atoms with Gasteiger partial charge in [0.1, 0.15) is 12.1 Å². The van der Waals surface area contributed by atoms with Crippen LogP contribution in [0.5, 0.6) is 0 Å². The van der Waals surface area contributed by atoms with Gasteiger partial charge in [-0.3, -0.25) is 0 Å². The van der Waals surface area contributed by atoms with Gasteiger partial charge < -0.3 is 10.2 Å². The summed E-state index contributed by atoms with van der Waals surface area (Å²) in [6.45, 7) is 2.90. The number of hydrogen-bond acceptors (Lipinski definition) is 5. The Kier molecular flexibility index (Phi) is 2.85. The molecule has 76 valence electrons. The van der Waals surface area contributed by atoms with Crippen molar-refractivity contribution in [3.05, 3.63) is 18.3 Å². The van der Waals surface area contributed by atoms with Gasteiger partial charge in [-0.2, -0.15) is 4.39 Å². The number of morpholine rings is 1. The first-order valence-corrected chi connectivity index (χ1v) is 4.41. The van der Waals surface area contributed by atoms with Crippen LogP contribution in [0.15, 0.2) is 12.4 Å². The van der Waals surface area contributed by atoms with Gasteiger partial charge in [0.05, 0.1) is 13.2 Å². The lowest BCUT2D eigenvalue weighted by Gasteiger charge is -2.27. The van der Waals surface area contributed by atoms with E-state index >= 15 is 0 Å². The topological polar surface area (TPSA) is 50.3 Å². The largest absolute Gasteiger partial charge is 0.379 e. The molecular formula is C8H11FN4O. The van der Waals surface area contributed by atoms with Gasteiger partial charge >= 0.3 is 0 Å². The highest BCUT2D eigenvalue weighted by Crippen LogP contribution is 2.05. The normalized spacial score (nSPS) is 18.1. The first-order chi connectivity index (χ1) is 6.84. The van der Waals surface area contributed by atoms with Crippen molar-refractivity contribution in [1.29, 1.82) is 0 Å². The smallest absolute Gasteiger partial charge is 0.218 e. The van der Waals surface area contributed by atoms with E-state index in [2.05, 4.69) is 15.4 Å². The lowest BCUT2D eigenvalue weighted by molar-refractivity contribution is 0.0494. The zero-order chi connectivity index (χ0) is 9.80. The van der Waals surface area contributed by atoms with Gasteiger partial charge in [0.25, 0.3) is 0 Å². The molecule has 0 saturated carbocycles. The van der Waals surface area contributed by atoms with E-state index in [-0.39, 0.29) is 0 Å². The molecule has 6 heteroatoms. The fourth-order valence-electron chi connectivity index (χ4n) is 1.23. The first-order valence-electron chi connectivity index (χ1n) is 4.41. The van der Waals surface area contributed by atoms with E-state index in [1.54, 1.807) is 0 Å². The maximum atomic E-state index is 12.7. The monoisotopic (exact) mass is 198 g/mol. The number of anilines is 1. The summed E-state index contributed by atoms with van der Waals surface area (Å²) >= 11 is 0. The molecule has 0 spiro atoms. The highest BCUT2D eigenvalue weighted by molar-refractivity contribution is 5.30. The maximum absolute atomic E-state index is 12.7. The Morgan fingerprint density at radius 1 is 1.36 bits per heavy atom. The third-order valence-corrected chi connectivity index (χ3v) is 1.92. The van der Waals surface area contributed by atoms with Crippen LogP contribution in [0.1, 0.15) is 0 Å². The molecule has 14 heavy (non-hydrogen) atoms. The number of ether oxygens (including phenoxy) is 1. The summed E-state index contributed by atoms with van der Waals surface area (Å²) in [5.41, 5.74) is 2.98. The number of rotatable bonds is 2. The summed E-state index contributed by atoms with van der Waals surface area (Å²) in [4.78, 5) is 7.26. The molecule has 0 radical (unpaired) electrons. The summed E-state index contributed by atoms with van der Waals surface area (Å²) in [5, 5.41) is 1.94. The number of nitrogens with one attached hydrogen (secondary N) is 1. The van der Waals surface area contributed by atoms with Crippen molar-refractivity contribution in [3.63, 3.8) is 0 Å². The zero-order valence-corrected chi connectivity index (χ0v) is 7.61. The summed E-state index contributed by atoms with van der Waals surface area (Å²) in [5.74, 6) is -0.0600. The number of aromatic nitrogens is 2. The van der Waals surface area contributed by atoms with E-state index < -0.39 is 5.95 Å². The van der Waals surface area contributed by atoms with Crippen molar-refractivity contribution in [2.24, 2.45) is 0 Å². The van der Waals surface area contributed by atoms with Crippen LogP contribution in [0.25, 0.3) is 0 Å². The van der Waals surface area contributed by atoms with E-state index in [1.807, 2.05) is 5.01 Å². The molecule has 1 N–H and O–H groups in total. The second-order valence-electron chi connectivity index (χ2n) is 2.94. The molecule has 2 rings (SSSR count). The van der Waals surface area contributed by atoms with Crippen molar-refractivity contribution >= 4 is 5.82 Å². The van der Waals surface area contributed by atoms with Crippen LogP contribution in [0.4, 0.5) is 10.2 Å². The quantitative estimate of drug-likeness (QED) is 0.691. The molecule has 0 bridgehead atoms. The molecule has 1 aromatic rings. The molecule has 0 aromatic carbocycles. The van der Waals surface area contributed by atoms with Gasteiger partial charge in [0.2, 0.25) is 5.95 Å². The van der Waals surface area contributed by atoms with Gasteiger partial charge in [-0.15, -0.1) is 0 Å². The predicted octanol–water partition coefficient (Wildman–Crippen LogP) is 0.275. The third kappa shape index (κ3) is 2.36. The summed E-state index contributed by atoms with van der Waals surface area (Å²) in [6.07, 6.45) is 1.19. The number of halogens is 1. The summed E-state index contributed by atoms with van der Waals surface area (Å²) < 4.78 is 17.9. The average molecular weight is 198 g/mol. The highest BCUT2D eigenvalue weighted by Gasteiger charge is 2.10. The van der Waals surface area contributed by atoms with E-state index in [0.717, 1.165) is 13.1 Å². The van der Waals surface area contributed by atoms with E-state index in [1.165, 1.54) is 12.4 Å². The van der Waals surface area contributed by atoms with Crippen LogP contribution in [-0.2, 0) is 4.74 Å². The molecule has 0 unspecified atom stereocenters. The van der Waals surface area contributed by atoms with Gasteiger partial charge in [-0.05, 0) is 0 Å². The van der Waals surface area contributed by atoms with Crippen LogP contribution < -0.4 is 5.43 Å². The van der Waals surface area contributed by atoms with Gasteiger partial charge in [0.15, 0.2) is 0 Å². The Hall–Kier alpha value is -1.27. The second kappa shape index (κ2) is 4.30. The number of nitrogens with zero attached hydrogens (tertiary/aromatic N) is 3. The molecule has 1 aliphatic rings. The molecule has 1 fully saturated rings. The number of hydrogen-bond donors (Lipinski definition) is 1. The SMILES string of the molecule is Fc1cc(NN2CCOCC2)ncn1. The predicted molar refractivity (Wildman–Crippen MR) is 48.0 cm³/mol. The average Bonchev–Trinajstić information content (AvgIpc) is 2.19. The molecule has 1 saturated heterocycles. The van der Waals surface area contributed by atoms with Gasteiger partial charge in [-0.25, -0.2) is 15.0 Å². The van der Waals surface area contributed by atoms with Crippen LogP contribution >= 0.6 is 0 Å². The maximum Gasteiger partial charge on any atom is 0.218 e. The summed E-state index contributed by atoms with van der Waals surface area (Å²) in [6, 6.07) is 1.26. The standard InChI is InChI=1S/C8H11FN4O/c9-7-5-8(11-6-10-7)12-13-1-3-14-4-2-13/h5-6H,1-4H2,(H,10,11,12). The Bertz CT molecular complexity index is 303. The van der Waals surface area contributed by atoms with Crippen LogP contribution in [-0.4, -0.2) is 41.3 Å². The van der Waals surface area contributed by atoms with Crippen molar-refractivity contribution in [2.45, 2.75) is 0 Å². The molecule has 1 aliphatic heterocycles. The van der Waals surface area contributed by atoms with Crippen molar-refractivity contribution < 1.29 is 9.13 Å². The Morgan fingerprint density at radius 3 is 2.86 bits per heavy atom. The minimum absolute atomic E-state index is 0.472. The fraction of sp³-hybridized carbons (Fsp3) is 0.500. The molecule has 0 amide bonds. The van der Waals surface area contributed by atoms with Crippen molar-refractivity contribution in [1.82, 2.24) is 15.0 Å². The minimum Gasteiger partial charge on any atom is -0.379 e. The highest BCUT2D eigenvalue weighted by atomic mass is 19.1. The molecule has 0 atom stereocenters. The second-order valence-corrected chi connectivity index (χ2v) is 2.94. The fourth-order valence-corrected chi connectivity index (χ4v) is 1.23. The molecule has 2 heterocycles. The molecule has 0 aliphatic carbocycles.